The maximum atomic E-state index is 13.3. The maximum Gasteiger partial charge on any atom is 0.328 e. The first kappa shape index (κ1) is 34.4. The molecule has 3 N–H and O–H groups in total. The first-order chi connectivity index (χ1) is 21.7. The molecule has 2 aromatic rings. The second-order valence-electron chi connectivity index (χ2n) is 11.6. The fraction of sp³-hybridized carbons (Fsp3) is 0.500. The fourth-order valence-corrected chi connectivity index (χ4v) is 6.45. The van der Waals surface area contributed by atoms with Crippen LogP contribution >= 0.6 is 7.60 Å². The summed E-state index contributed by atoms with van der Waals surface area (Å²) in [4.78, 5) is 51.5. The van der Waals surface area contributed by atoms with E-state index in [1.165, 1.54) is 0 Å². The molecule has 0 bridgehead atoms. The highest BCUT2D eigenvalue weighted by Crippen LogP contribution is 2.44. The number of likely N-dealkylation sites (tertiary alicyclic amines) is 1. The fourth-order valence-electron chi connectivity index (χ4n) is 5.68. The molecule has 4 rings (SSSR count). The first-order valence-electron chi connectivity index (χ1n) is 15.9. The molecule has 242 valence electrons. The van der Waals surface area contributed by atoms with Gasteiger partial charge in [-0.1, -0.05) is 55.5 Å². The number of fused-ring (bicyclic) bond motifs is 2. The molecule has 2 heterocycles. The lowest BCUT2D eigenvalue weighted by Crippen LogP contribution is -2.37. The van der Waals surface area contributed by atoms with Crippen molar-refractivity contribution in [3.63, 3.8) is 0 Å². The molecule has 0 radical (unpaired) electrons. The van der Waals surface area contributed by atoms with Crippen LogP contribution in [0.4, 0.5) is 5.69 Å². The molecular weight excluding hydrogens is 593 g/mol. The third kappa shape index (κ3) is 10.0. The summed E-state index contributed by atoms with van der Waals surface area (Å²) in [5.41, 5.74) is 3.55. The second-order valence-corrected chi connectivity index (χ2v) is 13.7. The van der Waals surface area contributed by atoms with E-state index in [2.05, 4.69) is 17.2 Å². The van der Waals surface area contributed by atoms with Crippen molar-refractivity contribution in [1.82, 2.24) is 10.2 Å². The van der Waals surface area contributed by atoms with Gasteiger partial charge in [0.25, 0.3) is 0 Å². The van der Waals surface area contributed by atoms with Gasteiger partial charge in [0.2, 0.25) is 17.7 Å². The van der Waals surface area contributed by atoms with Crippen LogP contribution in [0.3, 0.4) is 0 Å². The van der Waals surface area contributed by atoms with E-state index in [9.17, 15) is 28.9 Å². The Balaban J connectivity index is 1.11. The number of aliphatic hydroxyl groups is 1. The third-order valence-electron chi connectivity index (χ3n) is 8.23. The Bertz CT molecular complexity index is 1450. The van der Waals surface area contributed by atoms with Crippen molar-refractivity contribution in [2.45, 2.75) is 83.4 Å². The second kappa shape index (κ2) is 16.7. The molecule has 3 amide bonds. The summed E-state index contributed by atoms with van der Waals surface area (Å²) in [5.74, 6) is 6.27. The molecule has 2 aliphatic heterocycles. The number of para-hydroxylation sites is 1. The average Bonchev–Trinajstić information content (AvgIpc) is 3.44. The number of amides is 3. The Labute approximate surface area is 265 Å². The molecule has 1 unspecified atom stereocenters. The molecule has 1 saturated heterocycles. The smallest absolute Gasteiger partial charge is 0.328 e. The normalized spacial score (nSPS) is 18.5. The Morgan fingerprint density at radius 3 is 2.38 bits per heavy atom. The van der Waals surface area contributed by atoms with Crippen molar-refractivity contribution in [3.05, 3.63) is 65.2 Å². The molecule has 0 aliphatic carbocycles. The first-order valence-corrected chi connectivity index (χ1v) is 17.6. The van der Waals surface area contributed by atoms with Gasteiger partial charge in [-0.2, -0.15) is 0 Å². The third-order valence-corrected chi connectivity index (χ3v) is 9.65. The standard InChI is InChI=1S/C34H44N3O7P/c1-2-45(42,43)44-30-22-29(25-38)36(24-30)33(40)17-4-3-11-21-35-32(39)16-9-10-18-34(41)37-23-28-14-6-5-12-26(28)19-20-27-13-7-8-15-31(27)37/h5-8,12-15,29-30,38H,2-4,9-11,16-18,21-25H2,1H3,(H,35,39)(H,42,43)/t29-,30+/m0/s1. The van der Waals surface area contributed by atoms with Crippen molar-refractivity contribution in [2.24, 2.45) is 0 Å². The summed E-state index contributed by atoms with van der Waals surface area (Å²) < 4.78 is 17.2. The zero-order chi connectivity index (χ0) is 32.2. The molecular formula is C34H44N3O7P. The Hall–Kier alpha value is -3.48. The van der Waals surface area contributed by atoms with Crippen LogP contribution in [-0.2, 0) is 30.0 Å². The Morgan fingerprint density at radius 1 is 0.933 bits per heavy atom. The number of nitrogens with zero attached hydrogens (tertiary/aromatic N) is 2. The van der Waals surface area contributed by atoms with Crippen LogP contribution in [-0.4, -0.2) is 70.6 Å². The highest BCUT2D eigenvalue weighted by atomic mass is 31.2. The number of carbonyl (C=O) groups excluding carboxylic acids is 3. The number of nitrogens with one attached hydrogen (secondary N) is 1. The molecule has 0 saturated carbocycles. The minimum Gasteiger partial charge on any atom is -0.394 e. The van der Waals surface area contributed by atoms with Crippen LogP contribution in [0.15, 0.2) is 48.5 Å². The molecule has 10 nitrogen and oxygen atoms in total. The van der Waals surface area contributed by atoms with Crippen LogP contribution in [0.1, 0.15) is 81.4 Å². The van der Waals surface area contributed by atoms with E-state index in [-0.39, 0.29) is 37.0 Å². The lowest BCUT2D eigenvalue weighted by Gasteiger charge is -2.26. The summed E-state index contributed by atoms with van der Waals surface area (Å²) in [5, 5.41) is 12.6. The van der Waals surface area contributed by atoms with E-state index in [1.807, 2.05) is 48.5 Å². The van der Waals surface area contributed by atoms with Crippen molar-refractivity contribution in [2.75, 3.05) is 30.8 Å². The lowest BCUT2D eigenvalue weighted by molar-refractivity contribution is -0.133. The van der Waals surface area contributed by atoms with Gasteiger partial charge in [-0.25, -0.2) is 0 Å². The van der Waals surface area contributed by atoms with Gasteiger partial charge in [-0.05, 0) is 55.9 Å². The number of hydrogen-bond donors (Lipinski definition) is 3. The highest BCUT2D eigenvalue weighted by molar-refractivity contribution is 7.52. The average molecular weight is 638 g/mol. The molecule has 45 heavy (non-hydrogen) atoms. The molecule has 1 fully saturated rings. The zero-order valence-corrected chi connectivity index (χ0v) is 26.8. The van der Waals surface area contributed by atoms with E-state index < -0.39 is 19.7 Å². The van der Waals surface area contributed by atoms with Crippen LogP contribution < -0.4 is 10.2 Å². The number of aliphatic hydroxyl groups excluding tert-OH is 1. The Kier molecular flexibility index (Phi) is 12.8. The van der Waals surface area contributed by atoms with E-state index in [1.54, 1.807) is 16.7 Å². The number of hydrogen-bond acceptors (Lipinski definition) is 6. The number of unbranched alkanes of at least 4 members (excludes halogenated alkanes) is 3. The van der Waals surface area contributed by atoms with E-state index in [4.69, 9.17) is 4.52 Å². The van der Waals surface area contributed by atoms with Crippen LogP contribution in [0.5, 0.6) is 0 Å². The van der Waals surface area contributed by atoms with Crippen molar-refractivity contribution >= 4 is 31.0 Å². The molecule has 2 aliphatic rings. The minimum atomic E-state index is -3.68. The maximum absolute atomic E-state index is 13.3. The SMILES string of the molecule is CCP(=O)(O)O[C@@H]1C[C@@H](CO)N(C(=O)CCCCCNC(=O)CCCCC(=O)N2Cc3ccccc3C#Cc3ccccc32)C1. The molecule has 0 aromatic heterocycles. The van der Waals surface area contributed by atoms with E-state index in [0.717, 1.165) is 35.2 Å². The number of benzene rings is 2. The predicted molar refractivity (Wildman–Crippen MR) is 172 cm³/mol. The van der Waals surface area contributed by atoms with Crippen molar-refractivity contribution in [1.29, 1.82) is 0 Å². The number of carbonyl (C=O) groups is 3. The Morgan fingerprint density at radius 2 is 1.60 bits per heavy atom. The molecule has 3 atom stereocenters. The largest absolute Gasteiger partial charge is 0.394 e. The van der Waals surface area contributed by atoms with Crippen molar-refractivity contribution in [3.8, 4) is 11.8 Å². The zero-order valence-electron chi connectivity index (χ0n) is 26.0. The van der Waals surface area contributed by atoms with Gasteiger partial charge in [-0.3, -0.25) is 18.9 Å². The summed E-state index contributed by atoms with van der Waals surface area (Å²) in [6.45, 7) is 2.52. The van der Waals surface area contributed by atoms with Crippen molar-refractivity contribution < 1.29 is 33.5 Å². The number of rotatable bonds is 15. The van der Waals surface area contributed by atoms with Gasteiger partial charge in [-0.15, -0.1) is 0 Å². The predicted octanol–water partition coefficient (Wildman–Crippen LogP) is 4.35. The van der Waals surface area contributed by atoms with Crippen LogP contribution in [0.2, 0.25) is 0 Å². The summed E-state index contributed by atoms with van der Waals surface area (Å²) in [7, 11) is -3.68. The van der Waals surface area contributed by atoms with Crippen LogP contribution in [0, 0.1) is 11.8 Å². The van der Waals surface area contributed by atoms with Crippen LogP contribution in [0.25, 0.3) is 0 Å². The van der Waals surface area contributed by atoms with Gasteiger partial charge < -0.3 is 29.6 Å². The number of anilines is 1. The summed E-state index contributed by atoms with van der Waals surface area (Å²) in [6.07, 6.45) is 4.09. The monoisotopic (exact) mass is 637 g/mol. The molecule has 11 heteroatoms. The quantitative estimate of drug-likeness (QED) is 0.150. The van der Waals surface area contributed by atoms with E-state index >= 15 is 0 Å². The summed E-state index contributed by atoms with van der Waals surface area (Å²) in [6, 6.07) is 15.1. The van der Waals surface area contributed by atoms with Gasteiger partial charge in [0.05, 0.1) is 31.0 Å². The van der Waals surface area contributed by atoms with Gasteiger partial charge >= 0.3 is 7.60 Å². The van der Waals surface area contributed by atoms with Gasteiger partial charge in [0.1, 0.15) is 0 Å². The highest BCUT2D eigenvalue weighted by Gasteiger charge is 2.38. The molecule has 0 spiro atoms. The topological polar surface area (TPSA) is 136 Å². The van der Waals surface area contributed by atoms with Gasteiger partial charge in [0.15, 0.2) is 0 Å². The van der Waals surface area contributed by atoms with Gasteiger partial charge in [0, 0.05) is 49.6 Å². The minimum absolute atomic E-state index is 0.00217. The van der Waals surface area contributed by atoms with E-state index in [0.29, 0.717) is 58.0 Å². The lowest BCUT2D eigenvalue weighted by atomic mass is 10.0. The summed E-state index contributed by atoms with van der Waals surface area (Å²) >= 11 is 0. The molecule has 2 aromatic carbocycles.